The number of hydrogen-bond donors (Lipinski definition) is 1. The summed E-state index contributed by atoms with van der Waals surface area (Å²) in [5, 5.41) is 0.779. The Kier molecular flexibility index (Phi) is 6.92. The van der Waals surface area contributed by atoms with Crippen molar-refractivity contribution in [2.24, 2.45) is 0 Å². The molecule has 0 unspecified atom stereocenters. The van der Waals surface area contributed by atoms with Crippen LogP contribution in [0.3, 0.4) is 0 Å². The molecule has 0 spiro atoms. The maximum absolute atomic E-state index is 12.5. The third-order valence-corrected chi connectivity index (χ3v) is 6.39. The second-order valence-electron chi connectivity index (χ2n) is 7.43. The van der Waals surface area contributed by atoms with Crippen molar-refractivity contribution in [3.63, 3.8) is 0 Å². The number of carbonyl (C=O) groups excluding carboxylic acids is 1. The average molecular weight is 444 g/mol. The summed E-state index contributed by atoms with van der Waals surface area (Å²) in [6.07, 6.45) is 2.68. The Balaban J connectivity index is 1.76. The number of aryl methyl sites for hydroxylation is 2. The molecule has 0 aliphatic heterocycles. The molecule has 1 atom stereocenters. The van der Waals surface area contributed by atoms with Crippen molar-refractivity contribution >= 4 is 27.0 Å². The summed E-state index contributed by atoms with van der Waals surface area (Å²) < 4.78 is 37.8. The Labute approximate surface area is 181 Å². The van der Waals surface area contributed by atoms with Gasteiger partial charge in [-0.25, -0.2) is 18.0 Å². The summed E-state index contributed by atoms with van der Waals surface area (Å²) >= 11 is 0. The van der Waals surface area contributed by atoms with Gasteiger partial charge in [0.05, 0.1) is 4.90 Å². The number of nitrogens with one attached hydrogen (secondary N) is 1. The number of fused-ring (bicyclic) bond motifs is 1. The van der Waals surface area contributed by atoms with E-state index in [0.717, 1.165) is 35.8 Å². The zero-order chi connectivity index (χ0) is 22.6. The molecule has 164 valence electrons. The van der Waals surface area contributed by atoms with Crippen LogP contribution in [0.2, 0.25) is 0 Å². The molecule has 0 bridgehead atoms. The van der Waals surface area contributed by atoms with Crippen LogP contribution in [0.4, 0.5) is 0 Å². The zero-order valence-electron chi connectivity index (χ0n) is 17.7. The van der Waals surface area contributed by atoms with Crippen LogP contribution in [-0.2, 0) is 21.2 Å². The molecule has 3 rings (SSSR count). The molecule has 2 aromatic carbocycles. The summed E-state index contributed by atoms with van der Waals surface area (Å²) in [4.78, 5) is 24.4. The first-order valence-electron chi connectivity index (χ1n) is 10.1. The summed E-state index contributed by atoms with van der Waals surface area (Å²) in [6.45, 7) is 5.32. The van der Waals surface area contributed by atoms with E-state index in [1.807, 2.05) is 6.92 Å². The molecule has 0 fully saturated rings. The molecular weight excluding hydrogens is 418 g/mol. The third-order valence-electron chi connectivity index (χ3n) is 4.84. The van der Waals surface area contributed by atoms with E-state index in [9.17, 15) is 18.0 Å². The molecule has 8 heteroatoms. The molecule has 31 heavy (non-hydrogen) atoms. The van der Waals surface area contributed by atoms with Gasteiger partial charge in [-0.05, 0) is 56.5 Å². The highest BCUT2D eigenvalue weighted by atomic mass is 32.2. The Morgan fingerprint density at radius 2 is 1.84 bits per heavy atom. The normalized spacial score (nSPS) is 12.6. The van der Waals surface area contributed by atoms with E-state index in [4.69, 9.17) is 9.15 Å². The first kappa shape index (κ1) is 22.7. The van der Waals surface area contributed by atoms with Crippen LogP contribution in [0.25, 0.3) is 11.0 Å². The molecule has 1 aromatic heterocycles. The summed E-state index contributed by atoms with van der Waals surface area (Å²) in [5.41, 5.74) is 1.65. The number of benzene rings is 2. The van der Waals surface area contributed by atoms with Crippen LogP contribution >= 0.6 is 0 Å². The van der Waals surface area contributed by atoms with Crippen LogP contribution in [0, 0.1) is 6.92 Å². The minimum Gasteiger partial charge on any atom is -0.425 e. The van der Waals surface area contributed by atoms with Crippen molar-refractivity contribution in [1.82, 2.24) is 4.72 Å². The molecule has 3 aromatic rings. The van der Waals surface area contributed by atoms with E-state index in [1.54, 1.807) is 24.3 Å². The van der Waals surface area contributed by atoms with Crippen molar-refractivity contribution in [3.05, 3.63) is 70.1 Å². The smallest absolute Gasteiger partial charge is 0.336 e. The van der Waals surface area contributed by atoms with Crippen molar-refractivity contribution in [2.45, 2.75) is 51.0 Å². The standard InChI is InChI=1S/C23H25NO6S/c1-4-5-6-17-13-22(25)30-21-14-18(9-12-20(17)21)29-23(26)16(3)24-31(27,28)19-10-7-15(2)8-11-19/h7-14,16,24H,4-6H2,1-3H3/t16-/m1/s1. The maximum atomic E-state index is 12.5. The number of carbonyl (C=O) groups is 1. The zero-order valence-corrected chi connectivity index (χ0v) is 18.5. The largest absolute Gasteiger partial charge is 0.425 e. The lowest BCUT2D eigenvalue weighted by molar-refractivity contribution is -0.135. The van der Waals surface area contributed by atoms with Crippen LogP contribution < -0.4 is 15.1 Å². The SMILES string of the molecule is CCCCc1cc(=O)oc2cc(OC(=O)[C@@H](C)NS(=O)(=O)c3ccc(C)cc3)ccc12. The van der Waals surface area contributed by atoms with Crippen molar-refractivity contribution in [1.29, 1.82) is 0 Å². The minimum atomic E-state index is -3.88. The van der Waals surface area contributed by atoms with Crippen LogP contribution in [0.1, 0.15) is 37.8 Å². The van der Waals surface area contributed by atoms with Crippen LogP contribution in [-0.4, -0.2) is 20.4 Å². The van der Waals surface area contributed by atoms with Gasteiger partial charge >= 0.3 is 11.6 Å². The second kappa shape index (κ2) is 9.45. The number of sulfonamides is 1. The highest BCUT2D eigenvalue weighted by molar-refractivity contribution is 7.89. The van der Waals surface area contributed by atoms with Crippen LogP contribution in [0.5, 0.6) is 5.75 Å². The van der Waals surface area contributed by atoms with Crippen molar-refractivity contribution < 1.29 is 22.4 Å². The molecular formula is C23H25NO6S. The molecule has 1 heterocycles. The van der Waals surface area contributed by atoms with Gasteiger partial charge in [0.2, 0.25) is 10.0 Å². The maximum Gasteiger partial charge on any atom is 0.336 e. The van der Waals surface area contributed by atoms with Gasteiger partial charge in [0, 0.05) is 17.5 Å². The van der Waals surface area contributed by atoms with Gasteiger partial charge < -0.3 is 9.15 Å². The molecule has 0 aliphatic rings. The van der Waals surface area contributed by atoms with Gasteiger partial charge in [0.25, 0.3) is 0 Å². The predicted molar refractivity (Wildman–Crippen MR) is 118 cm³/mol. The predicted octanol–water partition coefficient (Wildman–Crippen LogP) is 3.72. The van der Waals surface area contributed by atoms with E-state index < -0.39 is 27.7 Å². The number of hydrogen-bond acceptors (Lipinski definition) is 6. The molecule has 0 amide bonds. The lowest BCUT2D eigenvalue weighted by Gasteiger charge is -2.14. The van der Waals surface area contributed by atoms with Crippen LogP contribution in [0.15, 0.2) is 62.6 Å². The van der Waals surface area contributed by atoms with Gasteiger partial charge in [0.15, 0.2) is 0 Å². The fourth-order valence-corrected chi connectivity index (χ4v) is 4.31. The Morgan fingerprint density at radius 1 is 1.13 bits per heavy atom. The summed E-state index contributed by atoms with van der Waals surface area (Å²) in [7, 11) is -3.88. The van der Waals surface area contributed by atoms with E-state index >= 15 is 0 Å². The molecule has 0 saturated carbocycles. The van der Waals surface area contributed by atoms with Crippen molar-refractivity contribution in [2.75, 3.05) is 0 Å². The quantitative estimate of drug-likeness (QED) is 0.323. The van der Waals surface area contributed by atoms with Gasteiger partial charge in [-0.2, -0.15) is 4.72 Å². The first-order chi connectivity index (χ1) is 14.7. The van der Waals surface area contributed by atoms with Gasteiger partial charge in [0.1, 0.15) is 17.4 Å². The van der Waals surface area contributed by atoms with E-state index in [1.165, 1.54) is 31.2 Å². The van der Waals surface area contributed by atoms with E-state index in [0.29, 0.717) is 5.58 Å². The first-order valence-corrected chi connectivity index (χ1v) is 11.6. The highest BCUT2D eigenvalue weighted by Crippen LogP contribution is 2.24. The molecule has 1 N–H and O–H groups in total. The summed E-state index contributed by atoms with van der Waals surface area (Å²) in [6, 6.07) is 11.4. The number of unbranched alkanes of at least 4 members (excludes halogenated alkanes) is 1. The van der Waals surface area contributed by atoms with E-state index in [2.05, 4.69) is 11.6 Å². The molecule has 7 nitrogen and oxygen atoms in total. The second-order valence-corrected chi connectivity index (χ2v) is 9.14. The van der Waals surface area contributed by atoms with Gasteiger partial charge in [-0.15, -0.1) is 0 Å². The minimum absolute atomic E-state index is 0.0600. The highest BCUT2D eigenvalue weighted by Gasteiger charge is 2.23. The lowest BCUT2D eigenvalue weighted by Crippen LogP contribution is -2.40. The average Bonchev–Trinajstić information content (AvgIpc) is 2.71. The fraction of sp³-hybridized carbons (Fsp3) is 0.304. The lowest BCUT2D eigenvalue weighted by atomic mass is 10.0. The molecule has 0 aliphatic carbocycles. The summed E-state index contributed by atoms with van der Waals surface area (Å²) in [5.74, 6) is -0.616. The fourth-order valence-electron chi connectivity index (χ4n) is 3.12. The third kappa shape index (κ3) is 5.59. The van der Waals surface area contributed by atoms with Gasteiger partial charge in [-0.1, -0.05) is 31.0 Å². The molecule has 0 radical (unpaired) electrons. The van der Waals surface area contributed by atoms with Crippen molar-refractivity contribution in [3.8, 4) is 5.75 Å². The monoisotopic (exact) mass is 443 g/mol. The van der Waals surface area contributed by atoms with Gasteiger partial charge in [-0.3, -0.25) is 0 Å². The number of rotatable bonds is 8. The Bertz CT molecular complexity index is 1250. The topological polar surface area (TPSA) is 103 Å². The number of ether oxygens (including phenoxy) is 1. The molecule has 0 saturated heterocycles. The Morgan fingerprint density at radius 3 is 2.52 bits per heavy atom. The van der Waals surface area contributed by atoms with E-state index in [-0.39, 0.29) is 10.6 Å². The Hall–Kier alpha value is -2.97. The number of esters is 1.